The van der Waals surface area contributed by atoms with Crippen molar-refractivity contribution in [2.45, 2.75) is 18.6 Å². The van der Waals surface area contributed by atoms with Crippen molar-refractivity contribution >= 4 is 16.3 Å². The summed E-state index contributed by atoms with van der Waals surface area (Å²) in [6.07, 6.45) is 0.630. The van der Waals surface area contributed by atoms with Gasteiger partial charge in [-0.1, -0.05) is 11.3 Å². The summed E-state index contributed by atoms with van der Waals surface area (Å²) >= 11 is 1.15. The third-order valence-electron chi connectivity index (χ3n) is 2.66. The number of nitrogens with one attached hydrogen (secondary N) is 1. The van der Waals surface area contributed by atoms with E-state index in [-0.39, 0.29) is 5.00 Å². The van der Waals surface area contributed by atoms with E-state index in [2.05, 4.69) is 5.32 Å². The van der Waals surface area contributed by atoms with Crippen LogP contribution in [0.1, 0.15) is 11.3 Å². The fourth-order valence-electron chi connectivity index (χ4n) is 1.71. The van der Waals surface area contributed by atoms with Crippen LogP contribution >= 0.6 is 11.3 Å². The maximum Gasteiger partial charge on any atom is 0.324 e. The molecule has 0 bridgehead atoms. The number of hydrogen-bond acceptors (Lipinski definition) is 6. The third-order valence-corrected chi connectivity index (χ3v) is 3.70. The first-order chi connectivity index (χ1) is 8.09. The Morgan fingerprint density at radius 3 is 3.06 bits per heavy atom. The Kier molecular flexibility index (Phi) is 3.72. The lowest BCUT2D eigenvalue weighted by Crippen LogP contribution is -2.40. The van der Waals surface area contributed by atoms with Crippen LogP contribution in [-0.4, -0.2) is 35.4 Å². The van der Waals surface area contributed by atoms with E-state index in [0.29, 0.717) is 32.7 Å². The molecule has 1 aliphatic heterocycles. The summed E-state index contributed by atoms with van der Waals surface area (Å²) in [5.41, 5.74) is -0.788. The van der Waals surface area contributed by atoms with Gasteiger partial charge in [-0.2, -0.15) is 0 Å². The summed E-state index contributed by atoms with van der Waals surface area (Å²) < 4.78 is 5.12. The Morgan fingerprint density at radius 2 is 2.47 bits per heavy atom. The molecule has 1 fully saturated rings. The van der Waals surface area contributed by atoms with Crippen LogP contribution in [0.4, 0.5) is 5.00 Å². The van der Waals surface area contributed by atoms with Crippen molar-refractivity contribution in [3.05, 3.63) is 27.1 Å². The zero-order valence-corrected chi connectivity index (χ0v) is 10.0. The molecule has 0 radical (unpaired) electrons. The molecule has 1 aromatic heterocycles. The summed E-state index contributed by atoms with van der Waals surface area (Å²) in [5.74, 6) is 0. The Morgan fingerprint density at radius 1 is 1.65 bits per heavy atom. The van der Waals surface area contributed by atoms with Gasteiger partial charge in [-0.25, -0.2) is 0 Å². The van der Waals surface area contributed by atoms with Gasteiger partial charge in [0.25, 0.3) is 0 Å². The predicted octanol–water partition coefficient (Wildman–Crippen LogP) is 0.897. The molecule has 2 rings (SSSR count). The Labute approximate surface area is 102 Å². The first kappa shape index (κ1) is 12.4. The quantitative estimate of drug-likeness (QED) is 0.605. The summed E-state index contributed by atoms with van der Waals surface area (Å²) in [7, 11) is 0. The van der Waals surface area contributed by atoms with Crippen molar-refractivity contribution in [3.63, 3.8) is 0 Å². The third kappa shape index (κ3) is 3.22. The molecule has 0 aliphatic carbocycles. The summed E-state index contributed by atoms with van der Waals surface area (Å²) in [5, 5.41) is 23.7. The van der Waals surface area contributed by atoms with E-state index in [0.717, 1.165) is 16.2 Å². The van der Waals surface area contributed by atoms with E-state index < -0.39 is 10.5 Å². The molecule has 0 saturated carbocycles. The molecule has 2 N–H and O–H groups in total. The van der Waals surface area contributed by atoms with Crippen LogP contribution in [0.15, 0.2) is 12.1 Å². The second kappa shape index (κ2) is 5.09. The minimum Gasteiger partial charge on any atom is -0.386 e. The lowest BCUT2D eigenvalue weighted by molar-refractivity contribution is -0.380. The topological polar surface area (TPSA) is 84.6 Å². The zero-order chi connectivity index (χ0) is 12.3. The van der Waals surface area contributed by atoms with Crippen LogP contribution in [0.25, 0.3) is 0 Å². The molecular weight excluding hydrogens is 244 g/mol. The molecule has 2 heterocycles. The highest BCUT2D eigenvalue weighted by Crippen LogP contribution is 2.24. The van der Waals surface area contributed by atoms with E-state index in [1.54, 1.807) is 6.07 Å². The zero-order valence-electron chi connectivity index (χ0n) is 9.22. The van der Waals surface area contributed by atoms with Crippen molar-refractivity contribution in [3.8, 4) is 0 Å². The maximum absolute atomic E-state index is 10.5. The van der Waals surface area contributed by atoms with Gasteiger partial charge < -0.3 is 15.2 Å². The number of hydrogen-bond donors (Lipinski definition) is 2. The van der Waals surface area contributed by atoms with Gasteiger partial charge >= 0.3 is 5.00 Å². The lowest BCUT2D eigenvalue weighted by Gasteiger charge is -2.20. The van der Waals surface area contributed by atoms with Gasteiger partial charge in [-0.3, -0.25) is 10.1 Å². The maximum atomic E-state index is 10.5. The van der Waals surface area contributed by atoms with E-state index in [1.165, 1.54) is 6.07 Å². The Balaban J connectivity index is 1.79. The average Bonchev–Trinajstić information content (AvgIpc) is 2.88. The largest absolute Gasteiger partial charge is 0.386 e. The number of thiophene rings is 1. The van der Waals surface area contributed by atoms with Crippen molar-refractivity contribution in [2.75, 3.05) is 19.8 Å². The highest BCUT2D eigenvalue weighted by molar-refractivity contribution is 7.15. The van der Waals surface area contributed by atoms with Crippen molar-refractivity contribution in [1.29, 1.82) is 0 Å². The molecule has 17 heavy (non-hydrogen) atoms. The molecule has 1 saturated heterocycles. The van der Waals surface area contributed by atoms with Crippen molar-refractivity contribution in [1.82, 2.24) is 5.32 Å². The van der Waals surface area contributed by atoms with Crippen LogP contribution in [0.5, 0.6) is 0 Å². The normalized spacial score (nSPS) is 24.1. The van der Waals surface area contributed by atoms with Gasteiger partial charge in [-0.05, 0) is 6.07 Å². The van der Waals surface area contributed by atoms with E-state index in [4.69, 9.17) is 4.74 Å². The molecule has 1 aliphatic rings. The van der Waals surface area contributed by atoms with Gasteiger partial charge in [-0.15, -0.1) is 0 Å². The molecule has 94 valence electrons. The SMILES string of the molecule is O=[N+]([O-])c1ccc(CNCC2(O)CCOC2)s1. The minimum atomic E-state index is -0.788. The predicted molar refractivity (Wildman–Crippen MR) is 63.1 cm³/mol. The minimum absolute atomic E-state index is 0.143. The van der Waals surface area contributed by atoms with Gasteiger partial charge in [0.15, 0.2) is 0 Å². The Bertz CT molecular complexity index is 401. The van der Waals surface area contributed by atoms with Gasteiger partial charge in [0.05, 0.1) is 11.5 Å². The van der Waals surface area contributed by atoms with Crippen molar-refractivity contribution < 1.29 is 14.8 Å². The monoisotopic (exact) mass is 258 g/mol. The number of nitro groups is 1. The molecule has 1 unspecified atom stereocenters. The second-order valence-corrected chi connectivity index (χ2v) is 5.27. The number of nitrogens with zero attached hydrogens (tertiary/aromatic N) is 1. The molecule has 1 atom stereocenters. The number of rotatable bonds is 5. The highest BCUT2D eigenvalue weighted by atomic mass is 32.1. The number of aliphatic hydroxyl groups is 1. The Hall–Kier alpha value is -1.02. The van der Waals surface area contributed by atoms with E-state index in [1.807, 2.05) is 0 Å². The van der Waals surface area contributed by atoms with Crippen LogP contribution in [-0.2, 0) is 11.3 Å². The van der Waals surface area contributed by atoms with E-state index in [9.17, 15) is 15.2 Å². The molecule has 0 aromatic carbocycles. The van der Waals surface area contributed by atoms with Crippen LogP contribution in [0.2, 0.25) is 0 Å². The fraction of sp³-hybridized carbons (Fsp3) is 0.600. The molecule has 6 nitrogen and oxygen atoms in total. The highest BCUT2D eigenvalue weighted by Gasteiger charge is 2.31. The molecular formula is C10H14N2O4S. The van der Waals surface area contributed by atoms with Crippen LogP contribution in [0.3, 0.4) is 0 Å². The van der Waals surface area contributed by atoms with Gasteiger partial charge in [0.2, 0.25) is 0 Å². The fourth-order valence-corrected chi connectivity index (χ4v) is 2.50. The lowest BCUT2D eigenvalue weighted by atomic mass is 10.0. The number of ether oxygens (including phenoxy) is 1. The first-order valence-electron chi connectivity index (χ1n) is 5.33. The molecule has 1 aromatic rings. The second-order valence-electron chi connectivity index (χ2n) is 4.13. The standard InChI is InChI=1S/C10H14N2O4S/c13-10(3-4-16-7-10)6-11-5-8-1-2-9(17-8)12(14)15/h1-2,11,13H,3-7H2. The first-order valence-corrected chi connectivity index (χ1v) is 6.15. The summed E-state index contributed by atoms with van der Waals surface area (Å²) in [6.45, 7) is 1.91. The molecule has 0 amide bonds. The molecule has 7 heteroatoms. The van der Waals surface area contributed by atoms with Gasteiger partial charge in [0, 0.05) is 37.1 Å². The van der Waals surface area contributed by atoms with E-state index >= 15 is 0 Å². The smallest absolute Gasteiger partial charge is 0.324 e. The summed E-state index contributed by atoms with van der Waals surface area (Å²) in [6, 6.07) is 3.22. The average molecular weight is 258 g/mol. The summed E-state index contributed by atoms with van der Waals surface area (Å²) in [4.78, 5) is 11.0. The van der Waals surface area contributed by atoms with Crippen LogP contribution < -0.4 is 5.32 Å². The molecule has 0 spiro atoms. The van der Waals surface area contributed by atoms with Crippen LogP contribution in [0, 0.1) is 10.1 Å². The van der Waals surface area contributed by atoms with Gasteiger partial charge in [0.1, 0.15) is 5.60 Å². The van der Waals surface area contributed by atoms with Crippen molar-refractivity contribution in [2.24, 2.45) is 0 Å².